The van der Waals surface area contributed by atoms with Gasteiger partial charge in [0.25, 0.3) is 11.8 Å². The van der Waals surface area contributed by atoms with Gasteiger partial charge in [-0.1, -0.05) is 45.9 Å². The molecule has 42 heavy (non-hydrogen) atoms. The van der Waals surface area contributed by atoms with Gasteiger partial charge in [-0.15, -0.1) is 0 Å². The minimum Gasteiger partial charge on any atom is -0.361 e. The Hall–Kier alpha value is -3.21. The van der Waals surface area contributed by atoms with E-state index >= 15 is 0 Å². The summed E-state index contributed by atoms with van der Waals surface area (Å²) in [6.07, 6.45) is 6.62. The Kier molecular flexibility index (Phi) is 6.18. The van der Waals surface area contributed by atoms with Crippen molar-refractivity contribution in [3.63, 3.8) is 0 Å². The number of H-pyrrole nitrogens is 1. The van der Waals surface area contributed by atoms with E-state index in [4.69, 9.17) is 4.74 Å². The van der Waals surface area contributed by atoms with E-state index in [0.29, 0.717) is 25.9 Å². The van der Waals surface area contributed by atoms with E-state index < -0.39 is 41.5 Å². The summed E-state index contributed by atoms with van der Waals surface area (Å²) in [5.41, 5.74) is 2.79. The fourth-order valence-electron chi connectivity index (χ4n) is 8.10. The van der Waals surface area contributed by atoms with Gasteiger partial charge in [-0.3, -0.25) is 28.9 Å². The van der Waals surface area contributed by atoms with Gasteiger partial charge in [-0.2, -0.15) is 0 Å². The Morgan fingerprint density at radius 2 is 2.02 bits per heavy atom. The highest BCUT2D eigenvalue weighted by molar-refractivity contribution is 6.01. The molecule has 3 amide bonds. The van der Waals surface area contributed by atoms with Gasteiger partial charge < -0.3 is 20.3 Å². The highest BCUT2D eigenvalue weighted by Crippen LogP contribution is 2.48. The summed E-state index contributed by atoms with van der Waals surface area (Å²) in [5, 5.41) is 16.3. The predicted molar refractivity (Wildman–Crippen MR) is 156 cm³/mol. The van der Waals surface area contributed by atoms with Crippen molar-refractivity contribution >= 4 is 34.2 Å². The van der Waals surface area contributed by atoms with Gasteiger partial charge in [0.2, 0.25) is 17.5 Å². The molecule has 2 aromatic rings. The number of benzene rings is 1. The molecule has 224 valence electrons. The van der Waals surface area contributed by atoms with Crippen LogP contribution < -0.4 is 5.32 Å². The first-order valence-electron chi connectivity index (χ1n) is 15.4. The van der Waals surface area contributed by atoms with E-state index in [0.717, 1.165) is 29.5 Å². The minimum atomic E-state index is -2.00. The van der Waals surface area contributed by atoms with Crippen LogP contribution in [0.2, 0.25) is 0 Å². The van der Waals surface area contributed by atoms with E-state index in [2.05, 4.69) is 33.5 Å². The van der Waals surface area contributed by atoms with E-state index in [1.807, 2.05) is 46.9 Å². The molecule has 5 aliphatic rings. The van der Waals surface area contributed by atoms with Gasteiger partial charge in [0.1, 0.15) is 12.1 Å². The Balaban J connectivity index is 1.24. The first kappa shape index (κ1) is 27.6. The lowest BCUT2D eigenvalue weighted by atomic mass is 9.79. The highest BCUT2D eigenvalue weighted by atomic mass is 16.7. The molecule has 10 nitrogen and oxygen atoms in total. The third-order valence-electron chi connectivity index (χ3n) is 10.2. The third-order valence-corrected chi connectivity index (χ3v) is 10.2. The number of nitrogens with zero attached hydrogens (tertiary/aromatic N) is 3. The summed E-state index contributed by atoms with van der Waals surface area (Å²) in [7, 11) is 2.03. The summed E-state index contributed by atoms with van der Waals surface area (Å²) in [6, 6.07) is 4.84. The zero-order valence-corrected chi connectivity index (χ0v) is 25.0. The number of likely N-dealkylation sites (N-methyl/N-ethyl adjacent to an activating group) is 1. The molecule has 7 rings (SSSR count). The van der Waals surface area contributed by atoms with Gasteiger partial charge >= 0.3 is 0 Å². The number of fused-ring (bicyclic) bond motifs is 5. The fraction of sp³-hybridized carbons (Fsp3) is 0.594. The van der Waals surface area contributed by atoms with Crippen LogP contribution in [0, 0.1) is 17.8 Å². The number of carbonyl (C=O) groups is 3. The molecule has 0 spiro atoms. The van der Waals surface area contributed by atoms with Gasteiger partial charge in [0.05, 0.1) is 5.92 Å². The summed E-state index contributed by atoms with van der Waals surface area (Å²) < 4.78 is 6.43. The average molecular weight is 576 g/mol. The lowest BCUT2D eigenvalue weighted by Gasteiger charge is -2.49. The van der Waals surface area contributed by atoms with Gasteiger partial charge in [0.15, 0.2) is 0 Å². The molecule has 0 saturated carbocycles. The molecule has 3 N–H and O–H groups in total. The maximum absolute atomic E-state index is 14.4. The topological polar surface area (TPSA) is 118 Å². The first-order valence-corrected chi connectivity index (χ1v) is 15.4. The summed E-state index contributed by atoms with van der Waals surface area (Å²) >= 11 is 0. The molecule has 1 aromatic heterocycles. The van der Waals surface area contributed by atoms with Crippen molar-refractivity contribution in [2.45, 2.75) is 83.1 Å². The van der Waals surface area contributed by atoms with Crippen molar-refractivity contribution in [1.82, 2.24) is 25.0 Å². The standard InChI is InChI=1S/C32H41N5O5/c1-17(2)12-25-29(39)36-11-7-10-26(36)32(41)37(25)30(40)31(42-32,18(3)4)34-28(38)20-13-22-21-8-6-9-23-27(21)19(15-33-23)14-24(22)35(5)16-20/h6,8-9,13,15,17-18,20,24-26,33,41H,7,10-12,14,16H2,1-5H3,(H,34,38)/t20-,24-,25-,26+,31-,32+/m1/s1. The number of rotatable bonds is 5. The maximum Gasteiger partial charge on any atom is 0.281 e. The van der Waals surface area contributed by atoms with Crippen LogP contribution in [0.15, 0.2) is 30.5 Å². The fourth-order valence-corrected chi connectivity index (χ4v) is 8.10. The lowest BCUT2D eigenvalue weighted by molar-refractivity contribution is -0.322. The normalized spacial score (nSPS) is 34.2. The largest absolute Gasteiger partial charge is 0.361 e. The number of aliphatic hydroxyl groups is 1. The second-order valence-corrected chi connectivity index (χ2v) is 13.6. The van der Waals surface area contributed by atoms with Crippen molar-refractivity contribution in [3.8, 4) is 0 Å². The second-order valence-electron chi connectivity index (χ2n) is 13.6. The zero-order chi connectivity index (χ0) is 29.7. The van der Waals surface area contributed by atoms with Crippen LogP contribution in [0.25, 0.3) is 16.5 Å². The number of hydrogen-bond acceptors (Lipinski definition) is 6. The number of nitrogens with one attached hydrogen (secondary N) is 2. The van der Waals surface area contributed by atoms with Crippen LogP contribution in [0.1, 0.15) is 58.1 Å². The molecule has 4 aliphatic heterocycles. The smallest absolute Gasteiger partial charge is 0.281 e. The van der Waals surface area contributed by atoms with Crippen LogP contribution in [0.4, 0.5) is 0 Å². The number of carbonyl (C=O) groups excluding carboxylic acids is 3. The van der Waals surface area contributed by atoms with Crippen molar-refractivity contribution in [3.05, 3.63) is 41.6 Å². The molecular weight excluding hydrogens is 534 g/mol. The number of aromatic amines is 1. The molecule has 1 aliphatic carbocycles. The summed E-state index contributed by atoms with van der Waals surface area (Å²) in [6.45, 7) is 8.60. The minimum absolute atomic E-state index is 0.108. The Labute approximate surface area is 246 Å². The monoisotopic (exact) mass is 575 g/mol. The number of aromatic nitrogens is 1. The van der Waals surface area contributed by atoms with Crippen LogP contribution in [-0.4, -0.2) is 92.4 Å². The van der Waals surface area contributed by atoms with Gasteiger partial charge in [0, 0.05) is 42.1 Å². The van der Waals surface area contributed by atoms with E-state index in [-0.39, 0.29) is 23.8 Å². The molecule has 0 unspecified atom stereocenters. The van der Waals surface area contributed by atoms with Crippen LogP contribution >= 0.6 is 0 Å². The molecule has 6 atom stereocenters. The Bertz CT molecular complexity index is 1510. The predicted octanol–water partition coefficient (Wildman–Crippen LogP) is 2.43. The van der Waals surface area contributed by atoms with Gasteiger partial charge in [-0.25, -0.2) is 0 Å². The van der Waals surface area contributed by atoms with Crippen molar-refractivity contribution < 1.29 is 24.2 Å². The van der Waals surface area contributed by atoms with Crippen molar-refractivity contribution in [2.24, 2.45) is 17.8 Å². The van der Waals surface area contributed by atoms with Crippen molar-refractivity contribution in [2.75, 3.05) is 20.1 Å². The average Bonchev–Trinajstić information content (AvgIpc) is 3.65. The SMILES string of the molecule is CC(C)C[C@@H]1C(=O)N2CCC[C@H]2[C@]2(O)O[C@](NC(=O)[C@@H]3C=C4c5cccc6[nH]cc(c56)C[C@H]4N(C)C3)(C(C)C)C(=O)N12. The van der Waals surface area contributed by atoms with Crippen LogP contribution in [0.5, 0.6) is 0 Å². The summed E-state index contributed by atoms with van der Waals surface area (Å²) in [4.78, 5) is 50.7. The van der Waals surface area contributed by atoms with E-state index in [1.54, 1.807) is 4.90 Å². The Morgan fingerprint density at radius 1 is 1.24 bits per heavy atom. The molecular formula is C32H41N5O5. The molecule has 3 saturated heterocycles. The van der Waals surface area contributed by atoms with E-state index in [9.17, 15) is 19.5 Å². The number of hydrogen-bond donors (Lipinski definition) is 3. The maximum atomic E-state index is 14.4. The molecule has 3 fully saturated rings. The van der Waals surface area contributed by atoms with Crippen LogP contribution in [-0.2, 0) is 25.5 Å². The molecule has 0 bridgehead atoms. The second kappa shape index (κ2) is 9.39. The molecule has 0 radical (unpaired) electrons. The quantitative estimate of drug-likeness (QED) is 0.504. The zero-order valence-electron chi connectivity index (χ0n) is 25.0. The third kappa shape index (κ3) is 3.70. The number of ether oxygens (including phenoxy) is 1. The molecule has 1 aromatic carbocycles. The summed E-state index contributed by atoms with van der Waals surface area (Å²) in [5.74, 6) is -3.97. The molecule has 5 heterocycles. The molecule has 10 heteroatoms. The van der Waals surface area contributed by atoms with E-state index in [1.165, 1.54) is 15.8 Å². The number of amides is 3. The number of piperazine rings is 1. The van der Waals surface area contributed by atoms with Gasteiger partial charge in [-0.05, 0) is 61.4 Å². The van der Waals surface area contributed by atoms with Crippen molar-refractivity contribution in [1.29, 1.82) is 0 Å². The lowest BCUT2D eigenvalue weighted by Crippen LogP contribution is -2.71. The first-order chi connectivity index (χ1) is 20.0. The Morgan fingerprint density at radius 3 is 2.76 bits per heavy atom. The highest BCUT2D eigenvalue weighted by Gasteiger charge is 2.72. The van der Waals surface area contributed by atoms with Crippen LogP contribution in [0.3, 0.4) is 0 Å².